The maximum absolute atomic E-state index is 13.0. The number of carbonyl (C=O) groups is 1. The van der Waals surface area contributed by atoms with Gasteiger partial charge in [0.2, 0.25) is 10.0 Å². The quantitative estimate of drug-likeness (QED) is 0.467. The van der Waals surface area contributed by atoms with Gasteiger partial charge in [0.05, 0.1) is 22.2 Å². The maximum atomic E-state index is 13.0. The Morgan fingerprint density at radius 3 is 2.47 bits per heavy atom. The Morgan fingerprint density at radius 2 is 1.82 bits per heavy atom. The first-order valence-electron chi connectivity index (χ1n) is 11.4. The van der Waals surface area contributed by atoms with Gasteiger partial charge in [-0.05, 0) is 48.9 Å². The largest absolute Gasteiger partial charge is 0.497 e. The Hall–Kier alpha value is -2.69. The van der Waals surface area contributed by atoms with Crippen molar-refractivity contribution in [1.29, 1.82) is 0 Å². The van der Waals surface area contributed by atoms with Crippen LogP contribution in [-0.4, -0.2) is 75.4 Å². The third kappa shape index (κ3) is 5.03. The van der Waals surface area contributed by atoms with Gasteiger partial charge in [0.15, 0.2) is 5.13 Å². The molecule has 182 valence electrons. The van der Waals surface area contributed by atoms with E-state index in [0.717, 1.165) is 33.9 Å². The number of rotatable bonds is 8. The molecule has 1 fully saturated rings. The Bertz CT molecular complexity index is 1250. The fraction of sp³-hybridized carbons (Fsp3) is 0.417. The number of amides is 1. The Labute approximate surface area is 204 Å². The summed E-state index contributed by atoms with van der Waals surface area (Å²) >= 11 is 1.62. The third-order valence-corrected chi connectivity index (χ3v) is 9.01. The topological polar surface area (TPSA) is 83.1 Å². The van der Waals surface area contributed by atoms with Crippen molar-refractivity contribution < 1.29 is 17.9 Å². The molecule has 0 N–H and O–H groups in total. The Balaban J connectivity index is 1.39. The summed E-state index contributed by atoms with van der Waals surface area (Å²) in [6.07, 6.45) is 1.73. The first-order valence-corrected chi connectivity index (χ1v) is 13.6. The molecular weight excluding hydrogens is 472 g/mol. The van der Waals surface area contributed by atoms with Crippen molar-refractivity contribution in [2.45, 2.75) is 24.7 Å². The molecule has 2 aromatic carbocycles. The summed E-state index contributed by atoms with van der Waals surface area (Å²) in [7, 11) is -0.305. The van der Waals surface area contributed by atoms with Gasteiger partial charge in [-0.3, -0.25) is 4.79 Å². The van der Waals surface area contributed by atoms with Crippen molar-refractivity contribution in [3.05, 3.63) is 48.0 Å². The minimum absolute atomic E-state index is 0.0861. The molecular formula is C24H30N4O4S2. The number of ether oxygens (including phenoxy) is 1. The summed E-state index contributed by atoms with van der Waals surface area (Å²) in [5.74, 6) is 0.724. The van der Waals surface area contributed by atoms with Gasteiger partial charge < -0.3 is 14.5 Å². The number of benzene rings is 2. The zero-order valence-corrected chi connectivity index (χ0v) is 21.4. The lowest BCUT2D eigenvalue weighted by Gasteiger charge is -2.34. The van der Waals surface area contributed by atoms with E-state index in [9.17, 15) is 13.2 Å². The molecule has 1 saturated heterocycles. The highest BCUT2D eigenvalue weighted by atomic mass is 32.2. The van der Waals surface area contributed by atoms with Gasteiger partial charge in [-0.25, -0.2) is 17.7 Å². The number of nitrogens with zero attached hydrogens (tertiary/aromatic N) is 4. The minimum atomic E-state index is -3.54. The molecule has 0 bridgehead atoms. The van der Waals surface area contributed by atoms with E-state index in [0.29, 0.717) is 38.3 Å². The van der Waals surface area contributed by atoms with E-state index in [2.05, 4.69) is 4.90 Å². The molecule has 1 aliphatic rings. The molecule has 10 heteroatoms. The van der Waals surface area contributed by atoms with E-state index in [1.54, 1.807) is 37.6 Å². The number of methoxy groups -OCH3 is 1. The number of hydrogen-bond donors (Lipinski definition) is 0. The zero-order valence-electron chi connectivity index (χ0n) is 19.7. The van der Waals surface area contributed by atoms with Gasteiger partial charge in [0.1, 0.15) is 5.75 Å². The molecule has 8 nitrogen and oxygen atoms in total. The first kappa shape index (κ1) is 24.4. The lowest BCUT2D eigenvalue weighted by molar-refractivity contribution is 0.0746. The minimum Gasteiger partial charge on any atom is -0.497 e. The predicted molar refractivity (Wildman–Crippen MR) is 135 cm³/mol. The van der Waals surface area contributed by atoms with Crippen LogP contribution < -0.4 is 9.64 Å². The molecule has 34 heavy (non-hydrogen) atoms. The van der Waals surface area contributed by atoms with Crippen LogP contribution in [0.25, 0.3) is 10.2 Å². The molecule has 1 amide bonds. The molecule has 2 heterocycles. The summed E-state index contributed by atoms with van der Waals surface area (Å²) in [5, 5.41) is 0.942. The van der Waals surface area contributed by atoms with E-state index in [4.69, 9.17) is 9.72 Å². The monoisotopic (exact) mass is 502 g/mol. The van der Waals surface area contributed by atoms with E-state index < -0.39 is 10.0 Å². The van der Waals surface area contributed by atoms with Crippen molar-refractivity contribution in [2.24, 2.45) is 0 Å². The number of hydrogen-bond acceptors (Lipinski definition) is 7. The lowest BCUT2D eigenvalue weighted by atomic mass is 10.2. The number of unbranched alkanes of at least 4 members (excludes halogenated alkanes) is 1. The van der Waals surface area contributed by atoms with Gasteiger partial charge >= 0.3 is 0 Å². The van der Waals surface area contributed by atoms with Crippen LogP contribution in [0.4, 0.5) is 5.13 Å². The van der Waals surface area contributed by atoms with Gasteiger partial charge in [0.25, 0.3) is 5.91 Å². The van der Waals surface area contributed by atoms with E-state index in [1.165, 1.54) is 16.4 Å². The zero-order chi connectivity index (χ0) is 24.3. The molecule has 3 aromatic rings. The number of carbonyl (C=O) groups excluding carboxylic acids is 1. The van der Waals surface area contributed by atoms with Gasteiger partial charge in [-0.1, -0.05) is 24.7 Å². The fourth-order valence-corrected chi connectivity index (χ4v) is 6.14. The van der Waals surface area contributed by atoms with Crippen LogP contribution in [-0.2, 0) is 10.0 Å². The van der Waals surface area contributed by atoms with E-state index in [-0.39, 0.29) is 10.8 Å². The molecule has 0 atom stereocenters. The summed E-state index contributed by atoms with van der Waals surface area (Å²) in [6, 6.07) is 12.1. The molecule has 0 aliphatic carbocycles. The summed E-state index contributed by atoms with van der Waals surface area (Å²) in [5.41, 5.74) is 1.44. The highest BCUT2D eigenvalue weighted by Gasteiger charge is 2.25. The van der Waals surface area contributed by atoms with Crippen molar-refractivity contribution in [2.75, 3.05) is 51.8 Å². The van der Waals surface area contributed by atoms with Crippen LogP contribution in [0.1, 0.15) is 30.1 Å². The lowest BCUT2D eigenvalue weighted by Crippen LogP contribution is -2.48. The molecule has 0 spiro atoms. The average molecular weight is 503 g/mol. The van der Waals surface area contributed by atoms with Crippen molar-refractivity contribution in [1.82, 2.24) is 14.2 Å². The summed E-state index contributed by atoms with van der Waals surface area (Å²) < 4.78 is 33.1. The molecule has 1 aliphatic heterocycles. The smallest absolute Gasteiger partial charge is 0.253 e. The highest BCUT2D eigenvalue weighted by Crippen LogP contribution is 2.32. The van der Waals surface area contributed by atoms with Crippen LogP contribution in [0.3, 0.4) is 0 Å². The highest BCUT2D eigenvalue weighted by molar-refractivity contribution is 7.89. The van der Waals surface area contributed by atoms with Crippen LogP contribution >= 0.6 is 11.3 Å². The number of thiazole rings is 1. The fourth-order valence-electron chi connectivity index (χ4n) is 3.89. The second-order valence-corrected chi connectivity index (χ2v) is 11.4. The van der Waals surface area contributed by atoms with Gasteiger partial charge in [-0.2, -0.15) is 0 Å². The predicted octanol–water partition coefficient (Wildman–Crippen LogP) is 3.69. The molecule has 1 aromatic heterocycles. The SMILES string of the molecule is CCCCN(C)S(=O)(=O)c1ccc(C(=O)N2CCN(c3nc4ccc(OC)cc4s3)CC2)cc1. The van der Waals surface area contributed by atoms with Crippen LogP contribution in [0.15, 0.2) is 47.4 Å². The Morgan fingerprint density at radius 1 is 1.12 bits per heavy atom. The van der Waals surface area contributed by atoms with Crippen LogP contribution in [0, 0.1) is 0 Å². The molecule has 0 saturated carbocycles. The van der Waals surface area contributed by atoms with Gasteiger partial charge in [0, 0.05) is 45.3 Å². The van der Waals surface area contributed by atoms with Gasteiger partial charge in [-0.15, -0.1) is 0 Å². The van der Waals surface area contributed by atoms with Crippen molar-refractivity contribution in [3.8, 4) is 5.75 Å². The molecule has 4 rings (SSSR count). The third-order valence-electron chi connectivity index (χ3n) is 6.06. The Kier molecular flexibility index (Phi) is 7.39. The standard InChI is InChI=1S/C24H30N4O4S2/c1-4-5-12-26(2)34(30,31)20-9-6-18(7-10-20)23(29)27-13-15-28(16-14-27)24-25-21-11-8-19(32-3)17-22(21)33-24/h6-11,17H,4-5,12-16H2,1-3H3. The van der Waals surface area contributed by atoms with Crippen LogP contribution in [0.2, 0.25) is 0 Å². The summed E-state index contributed by atoms with van der Waals surface area (Å²) in [6.45, 7) is 5.05. The number of sulfonamides is 1. The van der Waals surface area contributed by atoms with E-state index >= 15 is 0 Å². The van der Waals surface area contributed by atoms with E-state index in [1.807, 2.05) is 30.0 Å². The number of fused-ring (bicyclic) bond motifs is 1. The number of aromatic nitrogens is 1. The number of piperazine rings is 1. The maximum Gasteiger partial charge on any atom is 0.253 e. The number of anilines is 1. The summed E-state index contributed by atoms with van der Waals surface area (Å²) in [4.78, 5) is 22.0. The van der Waals surface area contributed by atoms with Crippen molar-refractivity contribution >= 4 is 42.6 Å². The molecule has 0 radical (unpaired) electrons. The van der Waals surface area contributed by atoms with Crippen molar-refractivity contribution in [3.63, 3.8) is 0 Å². The van der Waals surface area contributed by atoms with Crippen LogP contribution in [0.5, 0.6) is 5.75 Å². The molecule has 0 unspecified atom stereocenters. The first-order chi connectivity index (χ1) is 16.3. The normalized spacial score (nSPS) is 14.7. The average Bonchev–Trinajstić information content (AvgIpc) is 3.30. The second kappa shape index (κ2) is 10.3. The second-order valence-electron chi connectivity index (χ2n) is 8.31.